The number of esters is 1. The van der Waals surface area contributed by atoms with Crippen molar-refractivity contribution in [1.29, 1.82) is 0 Å². The molecule has 0 aromatic rings. The molecular formula is C60H111NO5. The maximum Gasteiger partial charge on any atom is 0.305 e. The van der Waals surface area contributed by atoms with Crippen molar-refractivity contribution in [2.75, 3.05) is 13.2 Å². The number of hydrogen-bond acceptors (Lipinski definition) is 5. The summed E-state index contributed by atoms with van der Waals surface area (Å²) in [5.74, 6) is -0.123. The fourth-order valence-electron chi connectivity index (χ4n) is 8.62. The number of aliphatic hydroxyl groups is 2. The van der Waals surface area contributed by atoms with Gasteiger partial charge < -0.3 is 20.3 Å². The van der Waals surface area contributed by atoms with Gasteiger partial charge in [0.05, 0.1) is 25.4 Å². The van der Waals surface area contributed by atoms with Gasteiger partial charge in [-0.3, -0.25) is 9.59 Å². The standard InChI is InChI=1S/C60H111NO5/c1-3-5-7-9-11-13-15-17-18-19-20-21-22-23-24-26-29-32-36-40-44-48-52-58(63)57(56-62)61-59(64)53-49-45-41-37-33-30-27-25-28-31-35-39-43-47-51-55-66-60(65)54-50-46-42-38-34-16-14-12-10-8-6-4-2/h12,14,25,28,31,35,48,52,57-58,62-63H,3-11,13,15-24,26-27,29-30,32-34,36-47,49-51,53-56H2,1-2H3,(H,61,64)/b14-12-,28-25-,35-31-,52-48+. The molecule has 66 heavy (non-hydrogen) atoms. The third-order valence-corrected chi connectivity index (χ3v) is 13.1. The lowest BCUT2D eigenvalue weighted by Gasteiger charge is -2.20. The summed E-state index contributed by atoms with van der Waals surface area (Å²) in [6.07, 6.45) is 69.9. The fraction of sp³-hybridized carbons (Fsp3) is 0.833. The number of rotatable bonds is 53. The Kier molecular flexibility index (Phi) is 53.6. The quantitative estimate of drug-likeness (QED) is 0.0244. The lowest BCUT2D eigenvalue weighted by atomic mass is 10.0. The zero-order valence-corrected chi connectivity index (χ0v) is 43.9. The van der Waals surface area contributed by atoms with Crippen molar-refractivity contribution >= 4 is 11.9 Å². The maximum atomic E-state index is 12.5. The number of nitrogens with one attached hydrogen (secondary N) is 1. The van der Waals surface area contributed by atoms with Crippen LogP contribution in [0.2, 0.25) is 0 Å². The van der Waals surface area contributed by atoms with Crippen molar-refractivity contribution in [2.24, 2.45) is 0 Å². The Labute approximate surface area is 410 Å². The van der Waals surface area contributed by atoms with Gasteiger partial charge in [0.25, 0.3) is 0 Å². The van der Waals surface area contributed by atoms with Gasteiger partial charge in [-0.25, -0.2) is 0 Å². The minimum absolute atomic E-state index is 0.0332. The lowest BCUT2D eigenvalue weighted by Crippen LogP contribution is -2.45. The minimum Gasteiger partial charge on any atom is -0.466 e. The molecular weight excluding hydrogens is 815 g/mol. The van der Waals surface area contributed by atoms with E-state index in [2.05, 4.69) is 55.6 Å². The molecule has 0 saturated heterocycles. The second-order valence-electron chi connectivity index (χ2n) is 19.6. The molecule has 2 unspecified atom stereocenters. The van der Waals surface area contributed by atoms with Crippen LogP contribution in [0, 0.1) is 0 Å². The highest BCUT2D eigenvalue weighted by Gasteiger charge is 2.18. The van der Waals surface area contributed by atoms with Crippen LogP contribution in [-0.2, 0) is 14.3 Å². The Balaban J connectivity index is 3.56. The molecule has 0 saturated carbocycles. The van der Waals surface area contributed by atoms with E-state index in [0.29, 0.717) is 19.4 Å². The number of allylic oxidation sites excluding steroid dienone is 7. The number of amides is 1. The Hall–Kier alpha value is -2.18. The summed E-state index contributed by atoms with van der Waals surface area (Å²) >= 11 is 0. The third kappa shape index (κ3) is 51.2. The molecule has 6 heteroatoms. The summed E-state index contributed by atoms with van der Waals surface area (Å²) in [7, 11) is 0. The number of unbranched alkanes of at least 4 members (excludes halogenated alkanes) is 37. The van der Waals surface area contributed by atoms with E-state index >= 15 is 0 Å². The van der Waals surface area contributed by atoms with Crippen LogP contribution in [0.15, 0.2) is 48.6 Å². The summed E-state index contributed by atoms with van der Waals surface area (Å²) in [6, 6.07) is -0.646. The summed E-state index contributed by atoms with van der Waals surface area (Å²) in [4.78, 5) is 24.5. The molecule has 2 atom stereocenters. The van der Waals surface area contributed by atoms with Gasteiger partial charge in [0.2, 0.25) is 5.91 Å². The van der Waals surface area contributed by atoms with Crippen LogP contribution in [0.4, 0.5) is 0 Å². The molecule has 1 amide bonds. The Morgan fingerprint density at radius 2 is 0.758 bits per heavy atom. The molecule has 0 aliphatic carbocycles. The highest BCUT2D eigenvalue weighted by Crippen LogP contribution is 2.16. The topological polar surface area (TPSA) is 95.9 Å². The van der Waals surface area contributed by atoms with E-state index in [9.17, 15) is 19.8 Å². The first kappa shape index (κ1) is 63.8. The molecule has 0 fully saturated rings. The fourth-order valence-corrected chi connectivity index (χ4v) is 8.62. The molecule has 0 bridgehead atoms. The van der Waals surface area contributed by atoms with Gasteiger partial charge in [0.1, 0.15) is 0 Å². The minimum atomic E-state index is -0.861. The van der Waals surface area contributed by atoms with E-state index in [-0.39, 0.29) is 18.5 Å². The number of carbonyl (C=O) groups is 2. The molecule has 0 spiro atoms. The van der Waals surface area contributed by atoms with Crippen molar-refractivity contribution in [1.82, 2.24) is 5.32 Å². The average molecular weight is 927 g/mol. The highest BCUT2D eigenvalue weighted by atomic mass is 16.5. The molecule has 0 aromatic heterocycles. The second kappa shape index (κ2) is 55.4. The Morgan fingerprint density at radius 3 is 1.20 bits per heavy atom. The molecule has 0 aromatic carbocycles. The number of aliphatic hydroxyl groups excluding tert-OH is 2. The molecule has 0 aliphatic heterocycles. The van der Waals surface area contributed by atoms with Crippen LogP contribution in [0.1, 0.15) is 296 Å². The third-order valence-electron chi connectivity index (χ3n) is 13.1. The van der Waals surface area contributed by atoms with Crippen LogP contribution >= 0.6 is 0 Å². The molecule has 0 aliphatic rings. The van der Waals surface area contributed by atoms with Gasteiger partial charge in [0, 0.05) is 12.8 Å². The second-order valence-corrected chi connectivity index (χ2v) is 19.6. The van der Waals surface area contributed by atoms with Crippen molar-refractivity contribution in [3.05, 3.63) is 48.6 Å². The van der Waals surface area contributed by atoms with Crippen LogP contribution in [-0.4, -0.2) is 47.4 Å². The van der Waals surface area contributed by atoms with Crippen LogP contribution in [0.3, 0.4) is 0 Å². The van der Waals surface area contributed by atoms with E-state index < -0.39 is 12.1 Å². The van der Waals surface area contributed by atoms with Crippen molar-refractivity contribution in [3.63, 3.8) is 0 Å². The van der Waals surface area contributed by atoms with Gasteiger partial charge in [-0.2, -0.15) is 0 Å². The highest BCUT2D eigenvalue weighted by molar-refractivity contribution is 5.76. The molecule has 386 valence electrons. The first-order valence-electron chi connectivity index (χ1n) is 28.9. The van der Waals surface area contributed by atoms with Gasteiger partial charge in [-0.05, 0) is 89.9 Å². The zero-order chi connectivity index (χ0) is 47.9. The first-order chi connectivity index (χ1) is 32.5. The zero-order valence-electron chi connectivity index (χ0n) is 43.9. The smallest absolute Gasteiger partial charge is 0.305 e. The van der Waals surface area contributed by atoms with Crippen molar-refractivity contribution in [2.45, 2.75) is 309 Å². The Bertz CT molecular complexity index is 1110. The van der Waals surface area contributed by atoms with Crippen LogP contribution in [0.5, 0.6) is 0 Å². The normalized spacial score (nSPS) is 13.0. The van der Waals surface area contributed by atoms with E-state index in [0.717, 1.165) is 77.0 Å². The monoisotopic (exact) mass is 926 g/mol. The molecule has 0 radical (unpaired) electrons. The predicted octanol–water partition coefficient (Wildman–Crippen LogP) is 17.8. The summed E-state index contributed by atoms with van der Waals surface area (Å²) in [5.41, 5.74) is 0. The molecule has 0 rings (SSSR count). The van der Waals surface area contributed by atoms with Gasteiger partial charge >= 0.3 is 5.97 Å². The number of hydrogen-bond donors (Lipinski definition) is 3. The van der Waals surface area contributed by atoms with E-state index in [1.54, 1.807) is 6.08 Å². The average Bonchev–Trinajstić information content (AvgIpc) is 3.32. The maximum absolute atomic E-state index is 12.5. The van der Waals surface area contributed by atoms with Gasteiger partial charge in [-0.15, -0.1) is 0 Å². The van der Waals surface area contributed by atoms with E-state index in [1.807, 2.05) is 6.08 Å². The SMILES string of the molecule is CCCCC/C=C\CCCCCCCC(=O)OCCCCC/C=C\C=C/CCCCCCCCC(=O)NC(CO)C(O)/C=C/CCCCCCCCCCCCCCCCCCCCCC. The van der Waals surface area contributed by atoms with Crippen LogP contribution < -0.4 is 5.32 Å². The largest absolute Gasteiger partial charge is 0.466 e. The molecule has 3 N–H and O–H groups in total. The van der Waals surface area contributed by atoms with Gasteiger partial charge in [0.15, 0.2) is 0 Å². The van der Waals surface area contributed by atoms with E-state index in [4.69, 9.17) is 4.74 Å². The van der Waals surface area contributed by atoms with E-state index in [1.165, 1.54) is 193 Å². The Morgan fingerprint density at radius 1 is 0.424 bits per heavy atom. The number of ether oxygens (including phenoxy) is 1. The molecule has 6 nitrogen and oxygen atoms in total. The summed E-state index contributed by atoms with van der Waals surface area (Å²) in [5, 5.41) is 23.2. The van der Waals surface area contributed by atoms with Crippen molar-refractivity contribution < 1.29 is 24.5 Å². The molecule has 0 heterocycles. The number of carbonyl (C=O) groups excluding carboxylic acids is 2. The summed E-state index contributed by atoms with van der Waals surface area (Å²) in [6.45, 7) is 4.83. The lowest BCUT2D eigenvalue weighted by molar-refractivity contribution is -0.143. The van der Waals surface area contributed by atoms with Gasteiger partial charge in [-0.1, -0.05) is 242 Å². The predicted molar refractivity (Wildman–Crippen MR) is 287 cm³/mol. The van der Waals surface area contributed by atoms with Crippen LogP contribution in [0.25, 0.3) is 0 Å². The van der Waals surface area contributed by atoms with Crippen molar-refractivity contribution in [3.8, 4) is 0 Å². The first-order valence-corrected chi connectivity index (χ1v) is 28.9. The summed E-state index contributed by atoms with van der Waals surface area (Å²) < 4.78 is 5.43.